The molecule has 2 N–H and O–H groups in total. The molecule has 6 heterocycles. The number of anilines is 4. The lowest BCUT2D eigenvalue weighted by Crippen LogP contribution is -2.57. The van der Waals surface area contributed by atoms with Gasteiger partial charge in [-0.3, -0.25) is 34.3 Å². The molecule has 2 aromatic heterocycles. The number of nitrogens with one attached hydrogen (secondary N) is 2. The zero-order chi connectivity index (χ0) is 33.5. The van der Waals surface area contributed by atoms with E-state index in [1.165, 1.54) is 0 Å². The van der Waals surface area contributed by atoms with E-state index in [-0.39, 0.29) is 18.7 Å². The first-order chi connectivity index (χ1) is 23.2. The molecule has 13 nitrogen and oxygen atoms in total. The van der Waals surface area contributed by atoms with Gasteiger partial charge in [0.2, 0.25) is 17.7 Å². The molecule has 3 fully saturated rings. The molecule has 4 aliphatic heterocycles. The van der Waals surface area contributed by atoms with Crippen LogP contribution in [0.15, 0.2) is 53.3 Å². The zero-order valence-electron chi connectivity index (χ0n) is 26.8. The van der Waals surface area contributed by atoms with E-state index in [4.69, 9.17) is 4.74 Å². The molecule has 4 aliphatic rings. The van der Waals surface area contributed by atoms with Gasteiger partial charge < -0.3 is 19.9 Å². The second-order valence-corrected chi connectivity index (χ2v) is 13.6. The van der Waals surface area contributed by atoms with E-state index in [1.807, 2.05) is 24.4 Å². The fourth-order valence-electron chi connectivity index (χ4n) is 7.29. The molecule has 250 valence electrons. The lowest BCUT2D eigenvalue weighted by Gasteiger charge is -2.46. The van der Waals surface area contributed by atoms with Gasteiger partial charge in [0, 0.05) is 67.6 Å². The Labute approximate surface area is 286 Å². The summed E-state index contributed by atoms with van der Waals surface area (Å²) in [5, 5.41) is 5.53. The highest BCUT2D eigenvalue weighted by molar-refractivity contribution is 9.10. The van der Waals surface area contributed by atoms with Crippen molar-refractivity contribution in [1.29, 1.82) is 0 Å². The first-order valence-corrected chi connectivity index (χ1v) is 17.0. The van der Waals surface area contributed by atoms with Crippen LogP contribution in [0, 0.1) is 0 Å². The number of imide groups is 2. The monoisotopic (exact) mass is 716 g/mol. The number of piperidine rings is 2. The summed E-state index contributed by atoms with van der Waals surface area (Å²) in [5.41, 5.74) is 3.34. The number of carbonyl (C=O) groups excluding carboxylic acids is 4. The Morgan fingerprint density at radius 2 is 1.67 bits per heavy atom. The van der Waals surface area contributed by atoms with E-state index in [0.717, 1.165) is 72.0 Å². The van der Waals surface area contributed by atoms with Crippen molar-refractivity contribution in [2.45, 2.75) is 50.7 Å². The van der Waals surface area contributed by atoms with Gasteiger partial charge in [0.25, 0.3) is 11.8 Å². The molecular weight excluding hydrogens is 680 g/mol. The maximum atomic E-state index is 13.3. The van der Waals surface area contributed by atoms with E-state index in [0.29, 0.717) is 34.9 Å². The molecule has 48 heavy (non-hydrogen) atoms. The number of hydrogen-bond acceptors (Lipinski definition) is 11. The van der Waals surface area contributed by atoms with Crippen LogP contribution in [0.3, 0.4) is 0 Å². The molecule has 3 aromatic rings. The average molecular weight is 718 g/mol. The van der Waals surface area contributed by atoms with E-state index in [9.17, 15) is 19.2 Å². The molecule has 0 spiro atoms. The number of nitrogens with zero attached hydrogens (tertiary/aromatic N) is 6. The summed E-state index contributed by atoms with van der Waals surface area (Å²) in [6.45, 7) is 6.76. The van der Waals surface area contributed by atoms with Crippen molar-refractivity contribution in [3.05, 3.63) is 64.4 Å². The summed E-state index contributed by atoms with van der Waals surface area (Å²) in [5.74, 6) is -0.736. The third-order valence-corrected chi connectivity index (χ3v) is 10.2. The number of benzene rings is 1. The molecule has 7 rings (SSSR count). The van der Waals surface area contributed by atoms with Crippen molar-refractivity contribution in [1.82, 2.24) is 25.1 Å². The summed E-state index contributed by atoms with van der Waals surface area (Å²) in [4.78, 5) is 67.6. The second kappa shape index (κ2) is 13.2. The fourth-order valence-corrected chi connectivity index (χ4v) is 7.62. The number of fused-ring (bicyclic) bond motifs is 1. The number of ether oxygens (including phenoxy) is 1. The molecule has 0 radical (unpaired) electrons. The summed E-state index contributed by atoms with van der Waals surface area (Å²) >= 11 is 3.45. The van der Waals surface area contributed by atoms with E-state index in [1.54, 1.807) is 25.4 Å². The smallest absolute Gasteiger partial charge is 0.262 e. The van der Waals surface area contributed by atoms with Gasteiger partial charge in [-0.25, -0.2) is 9.97 Å². The molecule has 0 bridgehead atoms. The van der Waals surface area contributed by atoms with Crippen molar-refractivity contribution in [2.75, 3.05) is 55.0 Å². The highest BCUT2D eigenvalue weighted by atomic mass is 79.9. The van der Waals surface area contributed by atoms with Crippen LogP contribution < -0.4 is 25.2 Å². The third-order valence-electron chi connectivity index (χ3n) is 9.78. The quantitative estimate of drug-likeness (QED) is 0.347. The normalized spacial score (nSPS) is 22.2. The Kier molecular flexibility index (Phi) is 8.77. The molecule has 4 amide bonds. The SMILES string of the molecule is COc1ncc(Br)cc1Nc1ccc(N2CCN(C3CCN(c4ccc5c(c4)C(=O)N(C4CCC(=O)NC4=O)C5=O)CC3)CC2C)cn1. The van der Waals surface area contributed by atoms with Crippen LogP contribution in [0.25, 0.3) is 0 Å². The second-order valence-electron chi connectivity index (χ2n) is 12.7. The number of rotatable bonds is 7. The number of carbonyl (C=O) groups is 4. The third kappa shape index (κ3) is 6.10. The minimum Gasteiger partial charge on any atom is -0.480 e. The van der Waals surface area contributed by atoms with Gasteiger partial charge in [-0.15, -0.1) is 0 Å². The Bertz CT molecular complexity index is 1760. The lowest BCUT2D eigenvalue weighted by molar-refractivity contribution is -0.136. The van der Waals surface area contributed by atoms with Gasteiger partial charge in [0.1, 0.15) is 17.5 Å². The lowest BCUT2D eigenvalue weighted by atomic mass is 9.99. The van der Waals surface area contributed by atoms with E-state index in [2.05, 4.69) is 64.2 Å². The number of aromatic nitrogens is 2. The largest absolute Gasteiger partial charge is 0.480 e. The number of methoxy groups -OCH3 is 1. The van der Waals surface area contributed by atoms with Gasteiger partial charge in [-0.1, -0.05) is 0 Å². The Morgan fingerprint density at radius 1 is 0.896 bits per heavy atom. The number of hydrogen-bond donors (Lipinski definition) is 2. The number of halogens is 1. The van der Waals surface area contributed by atoms with Crippen LogP contribution in [0.5, 0.6) is 5.88 Å². The summed E-state index contributed by atoms with van der Waals surface area (Å²) < 4.78 is 6.21. The van der Waals surface area contributed by atoms with Gasteiger partial charge >= 0.3 is 0 Å². The zero-order valence-corrected chi connectivity index (χ0v) is 28.4. The molecular formula is C34H37BrN8O5. The molecule has 1 aromatic carbocycles. The van der Waals surface area contributed by atoms with Crippen molar-refractivity contribution < 1.29 is 23.9 Å². The van der Waals surface area contributed by atoms with Crippen LogP contribution in [0.4, 0.5) is 22.9 Å². The predicted molar refractivity (Wildman–Crippen MR) is 183 cm³/mol. The van der Waals surface area contributed by atoms with E-state index < -0.39 is 23.8 Å². The minimum absolute atomic E-state index is 0.0994. The summed E-state index contributed by atoms with van der Waals surface area (Å²) in [7, 11) is 1.59. The standard InChI is InChI=1S/C34H37BrN8O5/c1-20-19-41(13-14-42(20)24-4-7-29(36-18-24)38-27-15-21(35)17-37-32(27)48-2)22-9-11-40(12-10-22)23-3-5-25-26(16-23)34(47)43(33(25)46)28-6-8-30(44)39-31(28)45/h3-5,7,15-18,20,22,28H,6,8-14,19H2,1-2H3,(H,36,38)(H,39,44,45). The Balaban J connectivity index is 0.934. The molecule has 2 unspecified atom stereocenters. The molecule has 0 saturated carbocycles. The van der Waals surface area contributed by atoms with Gasteiger partial charge in [-0.2, -0.15) is 0 Å². The number of piperazine rings is 1. The highest BCUT2D eigenvalue weighted by Crippen LogP contribution is 2.33. The van der Waals surface area contributed by atoms with Crippen LogP contribution >= 0.6 is 15.9 Å². The first kappa shape index (κ1) is 32.0. The maximum absolute atomic E-state index is 13.3. The molecule has 0 aliphatic carbocycles. The van der Waals surface area contributed by atoms with Crippen LogP contribution in [-0.2, 0) is 9.59 Å². The maximum Gasteiger partial charge on any atom is 0.262 e. The van der Waals surface area contributed by atoms with Gasteiger partial charge in [0.05, 0.1) is 30.1 Å². The molecule has 2 atom stereocenters. The Hall–Kier alpha value is -4.56. The minimum atomic E-state index is -0.963. The van der Waals surface area contributed by atoms with Crippen molar-refractivity contribution in [3.8, 4) is 5.88 Å². The summed E-state index contributed by atoms with van der Waals surface area (Å²) in [6, 6.07) is 11.1. The molecule has 3 saturated heterocycles. The van der Waals surface area contributed by atoms with Crippen molar-refractivity contribution >= 4 is 62.4 Å². The topological polar surface area (TPSA) is 140 Å². The average Bonchev–Trinajstić information content (AvgIpc) is 3.33. The van der Waals surface area contributed by atoms with Crippen molar-refractivity contribution in [3.63, 3.8) is 0 Å². The van der Waals surface area contributed by atoms with Crippen molar-refractivity contribution in [2.24, 2.45) is 0 Å². The van der Waals surface area contributed by atoms with Crippen LogP contribution in [0.2, 0.25) is 0 Å². The first-order valence-electron chi connectivity index (χ1n) is 16.2. The number of amides is 4. The molecule has 14 heteroatoms. The van der Waals surface area contributed by atoms with E-state index >= 15 is 0 Å². The van der Waals surface area contributed by atoms with Crippen LogP contribution in [0.1, 0.15) is 53.3 Å². The summed E-state index contributed by atoms with van der Waals surface area (Å²) in [6.07, 6.45) is 5.83. The van der Waals surface area contributed by atoms with Gasteiger partial charge in [-0.05, 0) is 78.5 Å². The number of pyridine rings is 2. The van der Waals surface area contributed by atoms with Gasteiger partial charge in [0.15, 0.2) is 0 Å². The van der Waals surface area contributed by atoms with Crippen LogP contribution in [-0.4, -0.2) is 101 Å². The predicted octanol–water partition coefficient (Wildman–Crippen LogP) is 3.57. The fraction of sp³-hybridized carbons (Fsp3) is 0.412. The Morgan fingerprint density at radius 3 is 2.38 bits per heavy atom. The highest BCUT2D eigenvalue weighted by Gasteiger charge is 2.45.